The number of benzene rings is 3. The van der Waals surface area contributed by atoms with Gasteiger partial charge in [-0.3, -0.25) is 4.79 Å². The first kappa shape index (κ1) is 18.1. The quantitative estimate of drug-likeness (QED) is 0.603. The zero-order valence-electron chi connectivity index (χ0n) is 13.9. The fraction of sp³-hybridized carbons (Fsp3) is 0.0952. The van der Waals surface area contributed by atoms with Crippen molar-refractivity contribution in [3.63, 3.8) is 0 Å². The predicted octanol–water partition coefficient (Wildman–Crippen LogP) is 5.20. The summed E-state index contributed by atoms with van der Waals surface area (Å²) < 4.78 is 19.0. The Morgan fingerprint density at radius 3 is 2.50 bits per heavy atom. The third-order valence-corrected chi connectivity index (χ3v) is 4.40. The van der Waals surface area contributed by atoms with Crippen molar-refractivity contribution in [2.75, 3.05) is 11.9 Å². The van der Waals surface area contributed by atoms with Gasteiger partial charge in [-0.25, -0.2) is 4.39 Å². The van der Waals surface area contributed by atoms with E-state index in [1.807, 2.05) is 54.6 Å². The van der Waals surface area contributed by atoms with Crippen molar-refractivity contribution in [3.05, 3.63) is 94.2 Å². The van der Waals surface area contributed by atoms with E-state index in [1.165, 1.54) is 23.8 Å². The topological polar surface area (TPSA) is 38.3 Å². The summed E-state index contributed by atoms with van der Waals surface area (Å²) in [6.07, 6.45) is 0.724. The first-order valence-corrected chi connectivity index (χ1v) is 8.90. The first-order chi connectivity index (χ1) is 12.6. The lowest BCUT2D eigenvalue weighted by Crippen LogP contribution is -2.21. The second-order valence-corrected chi connectivity index (χ2v) is 6.59. The van der Waals surface area contributed by atoms with Crippen molar-refractivity contribution in [2.45, 2.75) is 6.42 Å². The molecule has 0 fully saturated rings. The molecule has 26 heavy (non-hydrogen) atoms. The number of amides is 1. The number of hydrogen-bond donors (Lipinski definition) is 1. The highest BCUT2D eigenvalue weighted by molar-refractivity contribution is 9.10. The molecule has 1 amide bonds. The minimum atomic E-state index is -0.372. The third-order valence-electron chi connectivity index (χ3n) is 3.78. The van der Waals surface area contributed by atoms with Gasteiger partial charge in [0.15, 0.2) is 6.61 Å². The van der Waals surface area contributed by atoms with Gasteiger partial charge >= 0.3 is 0 Å². The molecule has 0 saturated heterocycles. The van der Waals surface area contributed by atoms with E-state index in [0.29, 0.717) is 10.2 Å². The van der Waals surface area contributed by atoms with Crippen molar-refractivity contribution < 1.29 is 13.9 Å². The summed E-state index contributed by atoms with van der Waals surface area (Å²) in [5.74, 6) is -0.232. The van der Waals surface area contributed by atoms with Crippen LogP contribution in [-0.2, 0) is 11.2 Å². The number of carbonyl (C=O) groups is 1. The fourth-order valence-electron chi connectivity index (χ4n) is 2.53. The Balaban J connectivity index is 1.64. The van der Waals surface area contributed by atoms with Crippen LogP contribution in [0.5, 0.6) is 5.75 Å². The minimum absolute atomic E-state index is 0.163. The SMILES string of the molecule is O=C(COc1ccc(F)cc1Br)Nc1ccccc1Cc1ccccc1. The van der Waals surface area contributed by atoms with Crippen LogP contribution >= 0.6 is 15.9 Å². The lowest BCUT2D eigenvalue weighted by Gasteiger charge is -2.12. The molecular weight excluding hydrogens is 397 g/mol. The summed E-state index contributed by atoms with van der Waals surface area (Å²) in [7, 11) is 0. The van der Waals surface area contributed by atoms with Crippen LogP contribution in [-0.4, -0.2) is 12.5 Å². The van der Waals surface area contributed by atoms with E-state index in [-0.39, 0.29) is 18.3 Å². The maximum absolute atomic E-state index is 13.1. The maximum Gasteiger partial charge on any atom is 0.262 e. The van der Waals surface area contributed by atoms with Crippen LogP contribution in [0, 0.1) is 5.82 Å². The Hall–Kier alpha value is -2.66. The summed E-state index contributed by atoms with van der Waals surface area (Å²) in [5, 5.41) is 2.88. The van der Waals surface area contributed by atoms with Gasteiger partial charge in [-0.15, -0.1) is 0 Å². The number of nitrogens with one attached hydrogen (secondary N) is 1. The van der Waals surface area contributed by atoms with Crippen molar-refractivity contribution in [3.8, 4) is 5.75 Å². The van der Waals surface area contributed by atoms with Crippen LogP contribution in [0.25, 0.3) is 0 Å². The molecule has 132 valence electrons. The summed E-state index contributed by atoms with van der Waals surface area (Å²) >= 11 is 3.22. The number of hydrogen-bond acceptors (Lipinski definition) is 2. The van der Waals surface area contributed by atoms with Crippen LogP contribution in [0.1, 0.15) is 11.1 Å². The summed E-state index contributed by atoms with van der Waals surface area (Å²) in [6.45, 7) is -0.163. The van der Waals surface area contributed by atoms with Crippen molar-refractivity contribution in [1.29, 1.82) is 0 Å². The van der Waals surface area contributed by atoms with Gasteiger partial charge in [0.2, 0.25) is 0 Å². The number of rotatable bonds is 6. The van der Waals surface area contributed by atoms with Gasteiger partial charge in [-0.05, 0) is 57.7 Å². The van der Waals surface area contributed by atoms with E-state index in [0.717, 1.165) is 17.7 Å². The molecule has 3 aromatic rings. The Labute approximate surface area is 159 Å². The second kappa shape index (κ2) is 8.63. The molecule has 3 rings (SSSR count). The molecule has 0 aliphatic carbocycles. The van der Waals surface area contributed by atoms with Gasteiger partial charge in [-0.1, -0.05) is 48.5 Å². The van der Waals surface area contributed by atoms with Gasteiger partial charge in [-0.2, -0.15) is 0 Å². The lowest BCUT2D eigenvalue weighted by atomic mass is 10.0. The van der Waals surface area contributed by atoms with E-state index in [4.69, 9.17) is 4.74 Å². The number of carbonyl (C=O) groups excluding carboxylic acids is 1. The molecule has 0 spiro atoms. The standard InChI is InChI=1S/C21H17BrFNO2/c22-18-13-17(23)10-11-20(18)26-14-21(25)24-19-9-5-4-8-16(19)12-15-6-2-1-3-7-15/h1-11,13H,12,14H2,(H,24,25). The number of halogens is 2. The lowest BCUT2D eigenvalue weighted by molar-refractivity contribution is -0.118. The van der Waals surface area contributed by atoms with Gasteiger partial charge in [0, 0.05) is 5.69 Å². The first-order valence-electron chi connectivity index (χ1n) is 8.11. The highest BCUT2D eigenvalue weighted by Crippen LogP contribution is 2.25. The van der Waals surface area contributed by atoms with Gasteiger partial charge in [0.05, 0.1) is 4.47 Å². The fourth-order valence-corrected chi connectivity index (χ4v) is 3.00. The molecule has 0 bridgehead atoms. The summed E-state index contributed by atoms with van der Waals surface area (Å²) in [5.41, 5.74) is 2.94. The van der Waals surface area contributed by atoms with Crippen LogP contribution in [0.15, 0.2) is 77.3 Å². The monoisotopic (exact) mass is 413 g/mol. The Morgan fingerprint density at radius 1 is 1.00 bits per heavy atom. The van der Waals surface area contributed by atoms with Crippen LogP contribution in [0.3, 0.4) is 0 Å². The molecule has 0 aliphatic rings. The molecule has 0 radical (unpaired) electrons. The summed E-state index contributed by atoms with van der Waals surface area (Å²) in [4.78, 5) is 12.2. The number of ether oxygens (including phenoxy) is 1. The Kier molecular flexibility index (Phi) is 6.02. The van der Waals surface area contributed by atoms with E-state index in [9.17, 15) is 9.18 Å². The van der Waals surface area contributed by atoms with Gasteiger partial charge < -0.3 is 10.1 Å². The molecule has 3 aromatic carbocycles. The molecular formula is C21H17BrFNO2. The highest BCUT2D eigenvalue weighted by Gasteiger charge is 2.10. The van der Waals surface area contributed by atoms with Gasteiger partial charge in [0.25, 0.3) is 5.91 Å². The normalized spacial score (nSPS) is 10.4. The van der Waals surface area contributed by atoms with Crippen LogP contribution < -0.4 is 10.1 Å². The average Bonchev–Trinajstić information content (AvgIpc) is 2.63. The smallest absolute Gasteiger partial charge is 0.262 e. The average molecular weight is 414 g/mol. The molecule has 1 N–H and O–H groups in total. The third kappa shape index (κ3) is 4.92. The van der Waals surface area contributed by atoms with Crippen molar-refractivity contribution >= 4 is 27.5 Å². The van der Waals surface area contributed by atoms with E-state index in [2.05, 4.69) is 21.2 Å². The zero-order valence-corrected chi connectivity index (χ0v) is 15.5. The summed E-state index contributed by atoms with van der Waals surface area (Å²) in [6, 6.07) is 21.8. The van der Waals surface area contributed by atoms with Crippen LogP contribution in [0.2, 0.25) is 0 Å². The minimum Gasteiger partial charge on any atom is -0.483 e. The van der Waals surface area contributed by atoms with Gasteiger partial charge in [0.1, 0.15) is 11.6 Å². The largest absolute Gasteiger partial charge is 0.483 e. The molecule has 0 heterocycles. The van der Waals surface area contributed by atoms with E-state index >= 15 is 0 Å². The zero-order chi connectivity index (χ0) is 18.4. The molecule has 0 aromatic heterocycles. The Morgan fingerprint density at radius 2 is 1.73 bits per heavy atom. The van der Waals surface area contributed by atoms with Crippen LogP contribution in [0.4, 0.5) is 10.1 Å². The number of anilines is 1. The second-order valence-electron chi connectivity index (χ2n) is 5.73. The molecule has 0 saturated carbocycles. The molecule has 0 unspecified atom stereocenters. The van der Waals surface area contributed by atoms with E-state index < -0.39 is 0 Å². The Bertz CT molecular complexity index is 900. The predicted molar refractivity (Wildman–Crippen MR) is 104 cm³/mol. The number of para-hydroxylation sites is 1. The maximum atomic E-state index is 13.1. The molecule has 3 nitrogen and oxygen atoms in total. The van der Waals surface area contributed by atoms with Crippen molar-refractivity contribution in [1.82, 2.24) is 0 Å². The molecule has 0 aliphatic heterocycles. The molecule has 0 atom stereocenters. The highest BCUT2D eigenvalue weighted by atomic mass is 79.9. The van der Waals surface area contributed by atoms with E-state index in [1.54, 1.807) is 0 Å². The van der Waals surface area contributed by atoms with Crippen molar-refractivity contribution in [2.24, 2.45) is 0 Å². The molecule has 5 heteroatoms.